The van der Waals surface area contributed by atoms with Crippen LogP contribution in [0.25, 0.3) is 0 Å². The highest BCUT2D eigenvalue weighted by atomic mass is 14.0. The maximum Gasteiger partial charge on any atom is 0.0708 e. The predicted molar refractivity (Wildman–Crippen MR) is 122 cm³/mol. The van der Waals surface area contributed by atoms with Gasteiger partial charge in [-0.25, -0.2) is 0 Å². The number of rotatable bonds is 13. The first kappa shape index (κ1) is 24.8. The Morgan fingerprint density at radius 2 is 0.808 bits per heavy atom. The minimum atomic E-state index is 0.656. The average molecular weight is 352 g/mol. The maximum atomic E-state index is 5.53. The molecule has 0 nitrogen and oxygen atoms in total. The Morgan fingerprint density at radius 1 is 0.500 bits per heavy atom. The van der Waals surface area contributed by atoms with Crippen LogP contribution in [0.2, 0.25) is 6.32 Å². The van der Waals surface area contributed by atoms with Gasteiger partial charge in [0.15, 0.2) is 0 Å². The molecule has 1 heteroatoms. The van der Waals surface area contributed by atoms with Crippen molar-refractivity contribution in [2.24, 2.45) is 0 Å². The van der Waals surface area contributed by atoms with E-state index in [0.29, 0.717) is 6.32 Å². The fourth-order valence-corrected chi connectivity index (χ4v) is 2.84. The minimum Gasteiger partial charge on any atom is -0.0942 e. The Kier molecular flexibility index (Phi) is 15.2. The number of hydrogen-bond acceptors (Lipinski definition) is 0. The van der Waals surface area contributed by atoms with Gasteiger partial charge in [-0.1, -0.05) is 64.6 Å². The van der Waals surface area contributed by atoms with Crippen molar-refractivity contribution in [1.29, 1.82) is 0 Å². The van der Waals surface area contributed by atoms with E-state index >= 15 is 0 Å². The van der Waals surface area contributed by atoms with Crippen LogP contribution in [0.1, 0.15) is 92.9 Å². The van der Waals surface area contributed by atoms with Crippen molar-refractivity contribution in [2.45, 2.75) is 99.2 Å². The topological polar surface area (TPSA) is 0 Å². The molecule has 0 fully saturated rings. The fourth-order valence-electron chi connectivity index (χ4n) is 2.84. The van der Waals surface area contributed by atoms with Crippen molar-refractivity contribution in [2.75, 3.05) is 0 Å². The van der Waals surface area contributed by atoms with Crippen molar-refractivity contribution in [3.63, 3.8) is 0 Å². The second-order valence-corrected chi connectivity index (χ2v) is 7.87. The molecule has 0 N–H and O–H groups in total. The van der Waals surface area contributed by atoms with Crippen molar-refractivity contribution in [3.05, 3.63) is 58.2 Å². The van der Waals surface area contributed by atoms with Gasteiger partial charge in [0, 0.05) is 0 Å². The molecule has 0 aliphatic heterocycles. The third kappa shape index (κ3) is 16.2. The number of allylic oxidation sites excluding steroid dienone is 10. The average Bonchev–Trinajstić information content (AvgIpc) is 2.54. The van der Waals surface area contributed by atoms with E-state index in [1.54, 1.807) is 0 Å². The molecule has 0 aromatic heterocycles. The summed E-state index contributed by atoms with van der Waals surface area (Å²) in [6, 6.07) is 0. The summed E-state index contributed by atoms with van der Waals surface area (Å²) in [6.45, 7) is 13.3. The Bertz CT molecular complexity index is 522. The first-order valence-electron chi connectivity index (χ1n) is 10.3. The van der Waals surface area contributed by atoms with Gasteiger partial charge in [-0.05, 0) is 92.9 Å². The van der Waals surface area contributed by atoms with Gasteiger partial charge in [0.25, 0.3) is 0 Å². The Balaban J connectivity index is 4.03. The van der Waals surface area contributed by atoms with E-state index in [9.17, 15) is 0 Å². The second-order valence-electron chi connectivity index (χ2n) is 7.87. The van der Waals surface area contributed by atoms with E-state index in [0.717, 1.165) is 19.3 Å². The summed E-state index contributed by atoms with van der Waals surface area (Å²) >= 11 is 0. The molecule has 0 heterocycles. The zero-order chi connectivity index (χ0) is 19.8. The quantitative estimate of drug-likeness (QED) is 0.230. The van der Waals surface area contributed by atoms with Crippen LogP contribution in [0, 0.1) is 0 Å². The molecule has 144 valence electrons. The molecule has 0 amide bonds. The van der Waals surface area contributed by atoms with Gasteiger partial charge in [0.1, 0.15) is 0 Å². The first-order valence-corrected chi connectivity index (χ1v) is 10.3. The van der Waals surface area contributed by atoms with Crippen LogP contribution in [0.4, 0.5) is 0 Å². The third-order valence-corrected chi connectivity index (χ3v) is 4.65. The van der Waals surface area contributed by atoms with Gasteiger partial charge in [-0.2, -0.15) is 0 Å². The lowest BCUT2D eigenvalue weighted by molar-refractivity contribution is 0.891. The van der Waals surface area contributed by atoms with Crippen molar-refractivity contribution in [3.8, 4) is 0 Å². The molecule has 0 saturated heterocycles. The van der Waals surface area contributed by atoms with Crippen LogP contribution in [0.15, 0.2) is 58.2 Å². The van der Waals surface area contributed by atoms with Crippen LogP contribution >= 0.6 is 0 Å². The highest BCUT2D eigenvalue weighted by Gasteiger charge is 1.94. The summed E-state index contributed by atoms with van der Waals surface area (Å²) in [5.41, 5.74) is 7.37. The predicted octanol–water partition coefficient (Wildman–Crippen LogP) is 8.45. The lowest BCUT2D eigenvalue weighted by Gasteiger charge is -2.03. The summed E-state index contributed by atoms with van der Waals surface area (Å²) < 4.78 is 0. The molecular formula is C25H41B. The smallest absolute Gasteiger partial charge is 0.0708 e. The zero-order valence-corrected chi connectivity index (χ0v) is 18.3. The molecule has 0 saturated carbocycles. The Morgan fingerprint density at radius 3 is 1.12 bits per heavy atom. The minimum absolute atomic E-state index is 0.656. The fraction of sp³-hybridized carbons (Fsp3) is 0.600. The second kappa shape index (κ2) is 16.0. The van der Waals surface area contributed by atoms with Gasteiger partial charge in [-0.15, -0.1) is 0 Å². The van der Waals surface area contributed by atoms with E-state index in [1.165, 1.54) is 60.0 Å². The van der Waals surface area contributed by atoms with Gasteiger partial charge in [0.2, 0.25) is 0 Å². The van der Waals surface area contributed by atoms with E-state index in [-0.39, 0.29) is 0 Å². The first-order chi connectivity index (χ1) is 12.3. The maximum absolute atomic E-state index is 5.53. The SMILES string of the molecule is [B]C/C=C(\C)CC/C=C(\C)CC/C=C(\C)CC/C=C(\C)CCC=C(C)C. The van der Waals surface area contributed by atoms with Crippen LogP contribution in [0.5, 0.6) is 0 Å². The molecule has 0 spiro atoms. The van der Waals surface area contributed by atoms with Gasteiger partial charge in [-0.3, -0.25) is 0 Å². The lowest BCUT2D eigenvalue weighted by Crippen LogP contribution is -1.83. The van der Waals surface area contributed by atoms with E-state index < -0.39 is 0 Å². The summed E-state index contributed by atoms with van der Waals surface area (Å²) in [4.78, 5) is 0. The molecule has 0 bridgehead atoms. The monoisotopic (exact) mass is 352 g/mol. The third-order valence-electron chi connectivity index (χ3n) is 4.65. The van der Waals surface area contributed by atoms with Crippen molar-refractivity contribution >= 4 is 7.85 Å². The van der Waals surface area contributed by atoms with Crippen molar-refractivity contribution in [1.82, 2.24) is 0 Å². The van der Waals surface area contributed by atoms with Gasteiger partial charge in [0.05, 0.1) is 7.85 Å². The van der Waals surface area contributed by atoms with E-state index in [2.05, 4.69) is 71.9 Å². The van der Waals surface area contributed by atoms with Crippen molar-refractivity contribution < 1.29 is 0 Å². The molecule has 0 aliphatic carbocycles. The molecule has 0 rings (SSSR count). The van der Waals surface area contributed by atoms with Crippen LogP contribution in [-0.2, 0) is 0 Å². The largest absolute Gasteiger partial charge is 0.0942 e. The highest BCUT2D eigenvalue weighted by molar-refractivity contribution is 6.09. The van der Waals surface area contributed by atoms with Gasteiger partial charge >= 0.3 is 0 Å². The van der Waals surface area contributed by atoms with Crippen LogP contribution < -0.4 is 0 Å². The van der Waals surface area contributed by atoms with E-state index in [1.807, 2.05) is 0 Å². The summed E-state index contributed by atoms with van der Waals surface area (Å²) in [6.07, 6.45) is 21.6. The molecule has 0 aromatic rings. The molecule has 2 radical (unpaired) electrons. The number of hydrogen-bond donors (Lipinski definition) is 0. The molecule has 0 aromatic carbocycles. The molecule has 26 heavy (non-hydrogen) atoms. The summed E-state index contributed by atoms with van der Waals surface area (Å²) in [5, 5.41) is 0. The molecule has 0 atom stereocenters. The molecular weight excluding hydrogens is 311 g/mol. The van der Waals surface area contributed by atoms with Crippen LogP contribution in [-0.4, -0.2) is 7.85 Å². The lowest BCUT2D eigenvalue weighted by atomic mass is 10.0. The Hall–Kier alpha value is -1.24. The van der Waals surface area contributed by atoms with E-state index in [4.69, 9.17) is 7.85 Å². The summed E-state index contributed by atoms with van der Waals surface area (Å²) in [7, 11) is 5.53. The highest BCUT2D eigenvalue weighted by Crippen LogP contribution is 2.14. The zero-order valence-electron chi connectivity index (χ0n) is 18.3. The van der Waals surface area contributed by atoms with Gasteiger partial charge < -0.3 is 0 Å². The normalized spacial score (nSPS) is 13.9. The molecule has 0 unspecified atom stereocenters. The molecule has 0 aliphatic rings. The summed E-state index contributed by atoms with van der Waals surface area (Å²) in [5.74, 6) is 0. The Labute approximate surface area is 165 Å². The standard InChI is InChI=1S/C25H41B/c1-21(2)11-7-12-22(3)13-8-14-23(4)15-9-16-24(5)17-10-18-25(6)19-20-26/h11,13,15,17,19H,7-10,12,14,16,18,20H2,1-6H3/b22-13+,23-15+,24-17+,25-19+. The van der Waals surface area contributed by atoms with Crippen LogP contribution in [0.3, 0.4) is 0 Å².